The summed E-state index contributed by atoms with van der Waals surface area (Å²) in [6.45, 7) is 0. The Balaban J connectivity index is 0.00000180. The maximum atomic E-state index is 11.4. The number of nitrogens with two attached hydrogens (primary N) is 2. The minimum Gasteiger partial charge on any atom is -0.399 e. The van der Waals surface area contributed by atoms with E-state index in [-0.39, 0.29) is 12.4 Å². The highest BCUT2D eigenvalue weighted by molar-refractivity contribution is 5.85. The molecule has 0 atom stereocenters. The van der Waals surface area contributed by atoms with E-state index < -0.39 is 6.16 Å². The SMILES string of the molecule is Cl.Nc1ccc(OC(=O)Oc2ccc(N)cc2)cc1. The summed E-state index contributed by atoms with van der Waals surface area (Å²) in [5.41, 5.74) is 12.2. The number of rotatable bonds is 2. The summed E-state index contributed by atoms with van der Waals surface area (Å²) in [5, 5.41) is 0. The van der Waals surface area contributed by atoms with Crippen LogP contribution in [-0.2, 0) is 0 Å². The lowest BCUT2D eigenvalue weighted by molar-refractivity contribution is 0.152. The minimum absolute atomic E-state index is 0. The summed E-state index contributed by atoms with van der Waals surface area (Å²) in [7, 11) is 0. The van der Waals surface area contributed by atoms with Crippen molar-refractivity contribution in [2.24, 2.45) is 0 Å². The lowest BCUT2D eigenvalue weighted by Gasteiger charge is -2.05. The van der Waals surface area contributed by atoms with Crippen molar-refractivity contribution in [3.8, 4) is 11.5 Å². The molecule has 0 saturated heterocycles. The molecular formula is C13H13ClN2O3. The van der Waals surface area contributed by atoms with Crippen molar-refractivity contribution < 1.29 is 14.3 Å². The van der Waals surface area contributed by atoms with Crippen LogP contribution in [0.25, 0.3) is 0 Å². The van der Waals surface area contributed by atoms with Gasteiger partial charge in [0.25, 0.3) is 0 Å². The molecule has 100 valence electrons. The molecule has 0 unspecified atom stereocenters. The quantitative estimate of drug-likeness (QED) is 0.502. The lowest BCUT2D eigenvalue weighted by Crippen LogP contribution is -2.13. The predicted molar refractivity (Wildman–Crippen MR) is 75.6 cm³/mol. The molecule has 2 aromatic carbocycles. The van der Waals surface area contributed by atoms with Crippen LogP contribution >= 0.6 is 12.4 Å². The van der Waals surface area contributed by atoms with Crippen molar-refractivity contribution in [3.63, 3.8) is 0 Å². The minimum atomic E-state index is -0.815. The predicted octanol–water partition coefficient (Wildman–Crippen LogP) is 2.85. The normalized spacial score (nSPS) is 9.26. The van der Waals surface area contributed by atoms with Crippen molar-refractivity contribution in [2.45, 2.75) is 0 Å². The van der Waals surface area contributed by atoms with Crippen LogP contribution in [0.2, 0.25) is 0 Å². The van der Waals surface area contributed by atoms with Crippen LogP contribution in [0, 0.1) is 0 Å². The Kier molecular flexibility index (Phi) is 5.02. The molecule has 0 saturated carbocycles. The second kappa shape index (κ2) is 6.51. The topological polar surface area (TPSA) is 87.6 Å². The number of hydrogen-bond donors (Lipinski definition) is 2. The number of halogens is 1. The molecule has 0 aromatic heterocycles. The van der Waals surface area contributed by atoms with Gasteiger partial charge in [-0.2, -0.15) is 0 Å². The first kappa shape index (κ1) is 14.7. The molecule has 19 heavy (non-hydrogen) atoms. The first-order valence-corrected chi connectivity index (χ1v) is 5.24. The van der Waals surface area contributed by atoms with Crippen molar-refractivity contribution in [1.82, 2.24) is 0 Å². The van der Waals surface area contributed by atoms with Gasteiger partial charge in [-0.05, 0) is 48.5 Å². The third kappa shape index (κ3) is 4.40. The molecule has 0 amide bonds. The third-order valence-electron chi connectivity index (χ3n) is 2.16. The van der Waals surface area contributed by atoms with Crippen molar-refractivity contribution in [1.29, 1.82) is 0 Å². The largest absolute Gasteiger partial charge is 0.519 e. The van der Waals surface area contributed by atoms with Crippen LogP contribution in [0.3, 0.4) is 0 Å². The molecule has 6 heteroatoms. The Hall–Kier alpha value is -2.40. The van der Waals surface area contributed by atoms with Gasteiger partial charge in [0.15, 0.2) is 0 Å². The van der Waals surface area contributed by atoms with Crippen LogP contribution in [-0.4, -0.2) is 6.16 Å². The fourth-order valence-corrected chi connectivity index (χ4v) is 1.29. The van der Waals surface area contributed by atoms with Crippen molar-refractivity contribution >= 4 is 29.9 Å². The van der Waals surface area contributed by atoms with Gasteiger partial charge in [-0.25, -0.2) is 4.79 Å². The highest BCUT2D eigenvalue weighted by Crippen LogP contribution is 2.16. The highest BCUT2D eigenvalue weighted by atomic mass is 35.5. The standard InChI is InChI=1S/C13H12N2O3.ClH/c14-9-1-5-11(6-2-9)17-13(16)18-12-7-3-10(15)4-8-12;/h1-8H,14-15H2;1H. The Bertz CT molecular complexity index is 491. The van der Waals surface area contributed by atoms with Crippen LogP contribution in [0.4, 0.5) is 16.2 Å². The number of anilines is 2. The van der Waals surface area contributed by atoms with Gasteiger partial charge in [-0.3, -0.25) is 0 Å². The fraction of sp³-hybridized carbons (Fsp3) is 0. The zero-order valence-corrected chi connectivity index (χ0v) is 10.7. The number of nitrogen functional groups attached to an aromatic ring is 2. The number of hydrogen-bond acceptors (Lipinski definition) is 5. The molecule has 5 nitrogen and oxygen atoms in total. The average Bonchev–Trinajstić information content (AvgIpc) is 2.35. The summed E-state index contributed by atoms with van der Waals surface area (Å²) in [6, 6.07) is 12.9. The van der Waals surface area contributed by atoms with Crippen LogP contribution in [0.15, 0.2) is 48.5 Å². The molecule has 0 aliphatic carbocycles. The number of benzene rings is 2. The first-order chi connectivity index (χ1) is 8.63. The molecular weight excluding hydrogens is 268 g/mol. The Morgan fingerprint density at radius 2 is 1.05 bits per heavy atom. The van der Waals surface area contributed by atoms with Gasteiger partial charge < -0.3 is 20.9 Å². The zero-order valence-electron chi connectivity index (χ0n) is 9.91. The van der Waals surface area contributed by atoms with Gasteiger partial charge in [0, 0.05) is 11.4 Å². The van der Waals surface area contributed by atoms with E-state index in [1.165, 1.54) is 0 Å². The zero-order chi connectivity index (χ0) is 13.0. The van der Waals surface area contributed by atoms with E-state index in [0.717, 1.165) is 0 Å². The summed E-state index contributed by atoms with van der Waals surface area (Å²) < 4.78 is 9.91. The summed E-state index contributed by atoms with van der Waals surface area (Å²) in [6.07, 6.45) is -0.815. The van der Waals surface area contributed by atoms with E-state index in [4.69, 9.17) is 20.9 Å². The van der Waals surface area contributed by atoms with E-state index in [9.17, 15) is 4.79 Å². The molecule has 2 rings (SSSR count). The molecule has 0 aliphatic heterocycles. The van der Waals surface area contributed by atoms with Gasteiger partial charge in [-0.1, -0.05) is 0 Å². The van der Waals surface area contributed by atoms with Crippen LogP contribution < -0.4 is 20.9 Å². The van der Waals surface area contributed by atoms with E-state index in [1.807, 2.05) is 0 Å². The van der Waals surface area contributed by atoms with E-state index >= 15 is 0 Å². The van der Waals surface area contributed by atoms with E-state index in [2.05, 4.69) is 0 Å². The Morgan fingerprint density at radius 1 is 0.737 bits per heavy atom. The molecule has 0 fully saturated rings. The summed E-state index contributed by atoms with van der Waals surface area (Å²) in [5.74, 6) is 0.731. The smallest absolute Gasteiger partial charge is 0.399 e. The third-order valence-corrected chi connectivity index (χ3v) is 2.16. The lowest BCUT2D eigenvalue weighted by atomic mass is 10.3. The molecule has 2 aromatic rings. The monoisotopic (exact) mass is 280 g/mol. The Morgan fingerprint density at radius 3 is 1.37 bits per heavy atom. The van der Waals surface area contributed by atoms with Crippen molar-refractivity contribution in [3.05, 3.63) is 48.5 Å². The molecule has 0 spiro atoms. The summed E-state index contributed by atoms with van der Waals surface area (Å²) >= 11 is 0. The van der Waals surface area contributed by atoms with Crippen LogP contribution in [0.1, 0.15) is 0 Å². The second-order valence-electron chi connectivity index (χ2n) is 3.59. The maximum absolute atomic E-state index is 11.4. The molecule has 0 aliphatic rings. The van der Waals surface area contributed by atoms with Gasteiger partial charge >= 0.3 is 6.16 Å². The molecule has 0 bridgehead atoms. The average molecular weight is 281 g/mol. The number of carbonyl (C=O) groups is 1. The van der Waals surface area contributed by atoms with Gasteiger partial charge in [-0.15, -0.1) is 12.4 Å². The summed E-state index contributed by atoms with van der Waals surface area (Å²) in [4.78, 5) is 11.4. The van der Waals surface area contributed by atoms with Gasteiger partial charge in [0.1, 0.15) is 11.5 Å². The van der Waals surface area contributed by atoms with Gasteiger partial charge in [0.05, 0.1) is 0 Å². The van der Waals surface area contributed by atoms with E-state index in [1.54, 1.807) is 48.5 Å². The first-order valence-electron chi connectivity index (χ1n) is 5.24. The molecule has 0 heterocycles. The fourth-order valence-electron chi connectivity index (χ4n) is 1.29. The van der Waals surface area contributed by atoms with E-state index in [0.29, 0.717) is 22.9 Å². The Labute approximate surface area is 116 Å². The van der Waals surface area contributed by atoms with Crippen molar-refractivity contribution in [2.75, 3.05) is 11.5 Å². The number of ether oxygens (including phenoxy) is 2. The molecule has 4 N–H and O–H groups in total. The van der Waals surface area contributed by atoms with Gasteiger partial charge in [0.2, 0.25) is 0 Å². The number of carbonyl (C=O) groups excluding carboxylic acids is 1. The maximum Gasteiger partial charge on any atom is 0.519 e. The van der Waals surface area contributed by atoms with Crippen LogP contribution in [0.5, 0.6) is 11.5 Å². The second-order valence-corrected chi connectivity index (χ2v) is 3.59. The highest BCUT2D eigenvalue weighted by Gasteiger charge is 2.07. The molecule has 0 radical (unpaired) electrons.